The highest BCUT2D eigenvalue weighted by Gasteiger charge is 2.34. The Hall–Kier alpha value is -2.90. The summed E-state index contributed by atoms with van der Waals surface area (Å²) in [6.45, 7) is 8.94. The summed E-state index contributed by atoms with van der Waals surface area (Å²) in [5.41, 5.74) is 3.09. The van der Waals surface area contributed by atoms with Gasteiger partial charge in [-0.05, 0) is 50.8 Å². The smallest absolute Gasteiger partial charge is 0.322 e. The van der Waals surface area contributed by atoms with E-state index in [4.69, 9.17) is 0 Å². The van der Waals surface area contributed by atoms with Crippen LogP contribution in [-0.4, -0.2) is 65.5 Å². The highest BCUT2D eigenvalue weighted by molar-refractivity contribution is 5.95. The first-order valence-corrected chi connectivity index (χ1v) is 10.5. The van der Waals surface area contributed by atoms with Crippen molar-refractivity contribution in [1.82, 2.24) is 20.1 Å². The number of rotatable bonds is 3. The van der Waals surface area contributed by atoms with Crippen LogP contribution in [0.2, 0.25) is 0 Å². The monoisotopic (exact) mass is 413 g/mol. The standard InChI is InChI=1S/C22H28FN5O2/c1-14-10-15(2)20(24-12-14)26-6-8-27(9-7-26)21(29)18-5-4-17(11-19(18)23)28-16(3)13-25-22(28)30/h10-12,16H,4-9,13H2,1-3H3,(H,25,30)/t16-/m0/s1. The number of hydrogen-bond acceptors (Lipinski definition) is 4. The summed E-state index contributed by atoms with van der Waals surface area (Å²) in [4.78, 5) is 35.0. The fourth-order valence-electron chi connectivity index (χ4n) is 4.45. The molecule has 3 aliphatic rings. The normalized spacial score (nSPS) is 22.4. The number of allylic oxidation sites excluding steroid dienone is 3. The van der Waals surface area contributed by atoms with Gasteiger partial charge in [0, 0.05) is 44.6 Å². The number of hydrogen-bond donors (Lipinski definition) is 1. The summed E-state index contributed by atoms with van der Waals surface area (Å²) in [5.74, 6) is 0.183. The molecule has 8 heteroatoms. The molecule has 1 aromatic heterocycles. The summed E-state index contributed by atoms with van der Waals surface area (Å²) in [6.07, 6.45) is 4.01. The molecule has 2 fully saturated rings. The number of amides is 3. The Morgan fingerprint density at radius 3 is 2.53 bits per heavy atom. The molecule has 1 aliphatic carbocycles. The van der Waals surface area contributed by atoms with Crippen molar-refractivity contribution in [2.75, 3.05) is 37.6 Å². The molecule has 3 amide bonds. The first kappa shape index (κ1) is 20.4. The fraction of sp³-hybridized carbons (Fsp3) is 0.500. The van der Waals surface area contributed by atoms with E-state index in [0.717, 1.165) is 16.9 Å². The maximum Gasteiger partial charge on any atom is 0.322 e. The Morgan fingerprint density at radius 1 is 1.20 bits per heavy atom. The fourth-order valence-corrected chi connectivity index (χ4v) is 4.45. The molecule has 160 valence electrons. The molecule has 2 saturated heterocycles. The number of urea groups is 1. The van der Waals surface area contributed by atoms with E-state index in [1.54, 1.807) is 9.80 Å². The number of carbonyl (C=O) groups is 2. The van der Waals surface area contributed by atoms with Crippen molar-refractivity contribution in [3.63, 3.8) is 0 Å². The molecule has 0 unspecified atom stereocenters. The predicted octanol–water partition coefficient (Wildman–Crippen LogP) is 2.66. The van der Waals surface area contributed by atoms with Gasteiger partial charge in [0.1, 0.15) is 11.6 Å². The quantitative estimate of drug-likeness (QED) is 0.827. The lowest BCUT2D eigenvalue weighted by Crippen LogP contribution is -2.49. The van der Waals surface area contributed by atoms with Gasteiger partial charge in [0.15, 0.2) is 0 Å². The van der Waals surface area contributed by atoms with Crippen molar-refractivity contribution >= 4 is 17.8 Å². The van der Waals surface area contributed by atoms with Crippen molar-refractivity contribution in [3.8, 4) is 0 Å². The van der Waals surface area contributed by atoms with E-state index in [9.17, 15) is 14.0 Å². The highest BCUT2D eigenvalue weighted by Crippen LogP contribution is 2.31. The number of aromatic nitrogens is 1. The van der Waals surface area contributed by atoms with E-state index >= 15 is 0 Å². The molecule has 0 spiro atoms. The van der Waals surface area contributed by atoms with Gasteiger partial charge < -0.3 is 15.1 Å². The molecular weight excluding hydrogens is 385 g/mol. The number of pyridine rings is 1. The Bertz CT molecular complexity index is 933. The van der Waals surface area contributed by atoms with Crippen LogP contribution >= 0.6 is 0 Å². The third kappa shape index (κ3) is 3.78. The Balaban J connectivity index is 1.43. The molecule has 30 heavy (non-hydrogen) atoms. The van der Waals surface area contributed by atoms with Crippen LogP contribution in [0.15, 0.2) is 35.4 Å². The first-order valence-electron chi connectivity index (χ1n) is 10.5. The average molecular weight is 413 g/mol. The van der Waals surface area contributed by atoms with Crippen LogP contribution in [0.3, 0.4) is 0 Å². The molecule has 1 aromatic rings. The lowest BCUT2D eigenvalue weighted by atomic mass is 9.98. The van der Waals surface area contributed by atoms with E-state index in [1.807, 2.05) is 27.0 Å². The van der Waals surface area contributed by atoms with Gasteiger partial charge in [-0.25, -0.2) is 14.2 Å². The van der Waals surface area contributed by atoms with Crippen LogP contribution in [0, 0.1) is 13.8 Å². The Labute approximate surface area is 176 Å². The molecule has 1 atom stereocenters. The van der Waals surface area contributed by atoms with Crippen molar-refractivity contribution in [2.45, 2.75) is 39.7 Å². The summed E-state index contributed by atoms with van der Waals surface area (Å²) in [7, 11) is 0. The van der Waals surface area contributed by atoms with Crippen LogP contribution in [0.1, 0.15) is 30.9 Å². The number of aryl methyl sites for hydroxylation is 2. The zero-order valence-corrected chi connectivity index (χ0v) is 17.7. The average Bonchev–Trinajstić information content (AvgIpc) is 3.06. The lowest BCUT2D eigenvalue weighted by Gasteiger charge is -2.37. The molecule has 4 rings (SSSR count). The van der Waals surface area contributed by atoms with E-state index in [1.165, 1.54) is 6.08 Å². The zero-order valence-electron chi connectivity index (χ0n) is 17.7. The maximum absolute atomic E-state index is 14.8. The summed E-state index contributed by atoms with van der Waals surface area (Å²) in [5, 5.41) is 2.76. The molecule has 0 saturated carbocycles. The van der Waals surface area contributed by atoms with Crippen LogP contribution in [0.4, 0.5) is 15.0 Å². The second-order valence-corrected chi connectivity index (χ2v) is 8.30. The SMILES string of the molecule is Cc1cnc(N2CCN(C(=O)C3=C(F)C=C(N4C(=O)NC[C@@H]4C)CC3)CC2)c(C)c1. The predicted molar refractivity (Wildman–Crippen MR) is 113 cm³/mol. The van der Waals surface area contributed by atoms with E-state index < -0.39 is 5.83 Å². The third-order valence-corrected chi connectivity index (χ3v) is 6.04. The molecule has 7 nitrogen and oxygen atoms in total. The number of anilines is 1. The number of piperazine rings is 1. The van der Waals surface area contributed by atoms with Crippen molar-refractivity contribution in [3.05, 3.63) is 46.6 Å². The van der Waals surface area contributed by atoms with Crippen molar-refractivity contribution in [1.29, 1.82) is 0 Å². The number of nitrogens with zero attached hydrogens (tertiary/aromatic N) is 4. The number of halogens is 1. The largest absolute Gasteiger partial charge is 0.353 e. The molecule has 2 aliphatic heterocycles. The van der Waals surface area contributed by atoms with E-state index in [0.29, 0.717) is 51.3 Å². The van der Waals surface area contributed by atoms with Crippen molar-refractivity contribution in [2.24, 2.45) is 0 Å². The first-order chi connectivity index (χ1) is 14.3. The van der Waals surface area contributed by atoms with E-state index in [-0.39, 0.29) is 23.6 Å². The van der Waals surface area contributed by atoms with Gasteiger partial charge in [-0.1, -0.05) is 6.07 Å². The Morgan fingerprint density at radius 2 is 1.93 bits per heavy atom. The van der Waals surface area contributed by atoms with Gasteiger partial charge in [-0.3, -0.25) is 9.69 Å². The highest BCUT2D eigenvalue weighted by atomic mass is 19.1. The zero-order chi connectivity index (χ0) is 21.4. The molecule has 0 radical (unpaired) electrons. The molecule has 0 aromatic carbocycles. The third-order valence-electron chi connectivity index (χ3n) is 6.04. The van der Waals surface area contributed by atoms with Gasteiger partial charge in [0.25, 0.3) is 5.91 Å². The molecular formula is C22H28FN5O2. The second-order valence-electron chi connectivity index (χ2n) is 8.30. The topological polar surface area (TPSA) is 68.8 Å². The van der Waals surface area contributed by atoms with E-state index in [2.05, 4.69) is 21.3 Å². The van der Waals surface area contributed by atoms with Gasteiger partial charge >= 0.3 is 6.03 Å². The minimum Gasteiger partial charge on any atom is -0.353 e. The van der Waals surface area contributed by atoms with Gasteiger partial charge in [0.05, 0.1) is 11.6 Å². The van der Waals surface area contributed by atoms with Gasteiger partial charge in [-0.2, -0.15) is 0 Å². The van der Waals surface area contributed by atoms with Crippen LogP contribution in [0.5, 0.6) is 0 Å². The minimum atomic E-state index is -0.522. The van der Waals surface area contributed by atoms with Gasteiger partial charge in [-0.15, -0.1) is 0 Å². The molecule has 1 N–H and O–H groups in total. The lowest BCUT2D eigenvalue weighted by molar-refractivity contribution is -0.127. The van der Waals surface area contributed by atoms with Crippen LogP contribution in [-0.2, 0) is 4.79 Å². The van der Waals surface area contributed by atoms with Crippen LogP contribution in [0.25, 0.3) is 0 Å². The molecule has 0 bridgehead atoms. The minimum absolute atomic E-state index is 0.0132. The maximum atomic E-state index is 14.8. The number of nitrogens with one attached hydrogen (secondary N) is 1. The number of carbonyl (C=O) groups excluding carboxylic acids is 2. The summed E-state index contributed by atoms with van der Waals surface area (Å²) < 4.78 is 14.8. The Kier molecular flexibility index (Phi) is 5.49. The second kappa shape index (κ2) is 8.08. The van der Waals surface area contributed by atoms with Crippen molar-refractivity contribution < 1.29 is 14.0 Å². The molecule has 3 heterocycles. The summed E-state index contributed by atoms with van der Waals surface area (Å²) in [6, 6.07) is 1.89. The van der Waals surface area contributed by atoms with Gasteiger partial charge in [0.2, 0.25) is 0 Å². The van der Waals surface area contributed by atoms with Crippen LogP contribution < -0.4 is 10.2 Å². The summed E-state index contributed by atoms with van der Waals surface area (Å²) >= 11 is 0.